The number of rotatable bonds is 5. The molecule has 0 unspecified atom stereocenters. The fraction of sp³-hybridized carbons (Fsp3) is 0.500. The van der Waals surface area contributed by atoms with E-state index in [0.29, 0.717) is 0 Å². The summed E-state index contributed by atoms with van der Waals surface area (Å²) in [4.78, 5) is 0. The molecular weight excluding hydrogens is 208 g/mol. The first kappa shape index (κ1) is 12.0. The second-order valence-electron chi connectivity index (χ2n) is 3.02. The molecule has 0 atom stereocenters. The molecular formula is C10H16N4S. The van der Waals surface area contributed by atoms with Crippen molar-refractivity contribution in [2.75, 3.05) is 5.75 Å². The van der Waals surface area contributed by atoms with Gasteiger partial charge in [0.2, 0.25) is 5.16 Å². The minimum absolute atomic E-state index is 0.846. The zero-order valence-corrected chi connectivity index (χ0v) is 10.2. The number of nitrogens with zero attached hydrogens (tertiary/aromatic N) is 4. The third-order valence-electron chi connectivity index (χ3n) is 2.00. The van der Waals surface area contributed by atoms with Gasteiger partial charge in [-0.1, -0.05) is 42.5 Å². The smallest absolute Gasteiger partial charge is 0.209 e. The average Bonchev–Trinajstić information content (AvgIpc) is 2.65. The van der Waals surface area contributed by atoms with Crippen LogP contribution in [-0.4, -0.2) is 26.0 Å². The summed E-state index contributed by atoms with van der Waals surface area (Å²) in [6, 6.07) is 0. The Morgan fingerprint density at radius 1 is 1.53 bits per heavy atom. The van der Waals surface area contributed by atoms with Crippen LogP contribution < -0.4 is 0 Å². The van der Waals surface area contributed by atoms with Crippen LogP contribution in [0.4, 0.5) is 0 Å². The van der Waals surface area contributed by atoms with Crippen molar-refractivity contribution < 1.29 is 0 Å². The lowest BCUT2D eigenvalue weighted by Gasteiger charge is -1.95. The number of tetrazole rings is 1. The molecule has 0 fully saturated rings. The molecule has 1 rings (SSSR count). The van der Waals surface area contributed by atoms with Gasteiger partial charge in [-0.3, -0.25) is 0 Å². The molecule has 0 saturated carbocycles. The Labute approximate surface area is 94.4 Å². The lowest BCUT2D eigenvalue weighted by atomic mass is 10.2. The molecule has 0 aliphatic carbocycles. The van der Waals surface area contributed by atoms with Gasteiger partial charge >= 0.3 is 0 Å². The van der Waals surface area contributed by atoms with Gasteiger partial charge in [-0.25, -0.2) is 4.68 Å². The highest BCUT2D eigenvalue weighted by atomic mass is 32.2. The van der Waals surface area contributed by atoms with Gasteiger partial charge < -0.3 is 0 Å². The van der Waals surface area contributed by atoms with Gasteiger partial charge in [-0.15, -0.1) is 5.10 Å². The summed E-state index contributed by atoms with van der Waals surface area (Å²) in [5, 5.41) is 12.1. The Hall–Kier alpha value is -1.10. The van der Waals surface area contributed by atoms with E-state index in [1.807, 2.05) is 7.05 Å². The Bertz CT molecular complexity index is 354. The first-order chi connectivity index (χ1) is 7.27. The summed E-state index contributed by atoms with van der Waals surface area (Å²) in [5.41, 5.74) is 1.35. The molecule has 82 valence electrons. The Kier molecular flexibility index (Phi) is 5.10. The molecule has 1 aromatic heterocycles. The van der Waals surface area contributed by atoms with Gasteiger partial charge in [-0.05, 0) is 23.8 Å². The van der Waals surface area contributed by atoms with Crippen molar-refractivity contribution in [3.8, 4) is 0 Å². The van der Waals surface area contributed by atoms with Crippen molar-refractivity contribution in [1.82, 2.24) is 20.2 Å². The van der Waals surface area contributed by atoms with Crippen LogP contribution in [0.15, 0.2) is 29.0 Å². The second-order valence-corrected chi connectivity index (χ2v) is 4.00. The standard InChI is InChI=1S/C10H16N4S/c1-4-9(5-2)7-6-8-15-10-11-12-13-14(10)3/h4,6-7H,5,8H2,1-3H3. The van der Waals surface area contributed by atoms with E-state index in [9.17, 15) is 0 Å². The summed E-state index contributed by atoms with van der Waals surface area (Å²) in [7, 11) is 1.84. The molecule has 5 heteroatoms. The Morgan fingerprint density at radius 2 is 2.33 bits per heavy atom. The zero-order valence-electron chi connectivity index (χ0n) is 9.34. The van der Waals surface area contributed by atoms with Crippen molar-refractivity contribution in [2.45, 2.75) is 25.4 Å². The number of aromatic nitrogens is 4. The van der Waals surface area contributed by atoms with Gasteiger partial charge in [0.15, 0.2) is 0 Å². The minimum Gasteiger partial charge on any atom is -0.224 e. The third-order valence-corrected chi connectivity index (χ3v) is 2.96. The predicted molar refractivity (Wildman–Crippen MR) is 62.7 cm³/mol. The van der Waals surface area contributed by atoms with Crippen LogP contribution in [0.25, 0.3) is 0 Å². The van der Waals surface area contributed by atoms with Gasteiger partial charge in [0.25, 0.3) is 0 Å². The molecule has 0 aliphatic rings. The molecule has 15 heavy (non-hydrogen) atoms. The molecule has 0 saturated heterocycles. The minimum atomic E-state index is 0.846. The van der Waals surface area contributed by atoms with E-state index >= 15 is 0 Å². The molecule has 0 N–H and O–H groups in total. The summed E-state index contributed by atoms with van der Waals surface area (Å²) in [5.74, 6) is 0.894. The van der Waals surface area contributed by atoms with Crippen LogP contribution in [0.3, 0.4) is 0 Å². The maximum atomic E-state index is 3.89. The van der Waals surface area contributed by atoms with Crippen LogP contribution in [0, 0.1) is 0 Å². The van der Waals surface area contributed by atoms with Crippen molar-refractivity contribution in [1.29, 1.82) is 0 Å². The summed E-state index contributed by atoms with van der Waals surface area (Å²) in [6.45, 7) is 4.21. The number of hydrogen-bond donors (Lipinski definition) is 0. The van der Waals surface area contributed by atoms with Crippen molar-refractivity contribution >= 4 is 11.8 Å². The number of aryl methyl sites for hydroxylation is 1. The Morgan fingerprint density at radius 3 is 2.87 bits per heavy atom. The molecule has 1 heterocycles. The second kappa shape index (κ2) is 6.40. The van der Waals surface area contributed by atoms with E-state index in [4.69, 9.17) is 0 Å². The first-order valence-electron chi connectivity index (χ1n) is 4.94. The fourth-order valence-electron chi connectivity index (χ4n) is 1.08. The van der Waals surface area contributed by atoms with Gasteiger partial charge in [0.05, 0.1) is 0 Å². The van der Waals surface area contributed by atoms with Crippen LogP contribution in [0.2, 0.25) is 0 Å². The number of thioether (sulfide) groups is 1. The van der Waals surface area contributed by atoms with E-state index in [1.165, 1.54) is 5.57 Å². The van der Waals surface area contributed by atoms with Gasteiger partial charge in [-0.2, -0.15) is 0 Å². The summed E-state index contributed by atoms with van der Waals surface area (Å²) in [6.07, 6.45) is 7.49. The number of hydrogen-bond acceptors (Lipinski definition) is 4. The summed E-state index contributed by atoms with van der Waals surface area (Å²) >= 11 is 1.63. The third kappa shape index (κ3) is 3.87. The normalized spacial score (nSPS) is 12.6. The van der Waals surface area contributed by atoms with E-state index in [1.54, 1.807) is 16.4 Å². The molecule has 0 aromatic carbocycles. The molecule has 0 aliphatic heterocycles. The zero-order chi connectivity index (χ0) is 11.1. The van der Waals surface area contributed by atoms with Crippen LogP contribution in [0.5, 0.6) is 0 Å². The summed E-state index contributed by atoms with van der Waals surface area (Å²) < 4.78 is 1.68. The highest BCUT2D eigenvalue weighted by Crippen LogP contribution is 2.12. The van der Waals surface area contributed by atoms with E-state index < -0.39 is 0 Å². The van der Waals surface area contributed by atoms with Gasteiger partial charge in [0.1, 0.15) is 0 Å². The molecule has 0 spiro atoms. The SMILES string of the molecule is CC=C(C=CCSc1nnnn1C)CC. The predicted octanol–water partition coefficient (Wildman–Crippen LogP) is 2.21. The average molecular weight is 224 g/mol. The first-order valence-corrected chi connectivity index (χ1v) is 5.93. The van der Waals surface area contributed by atoms with Crippen LogP contribution in [-0.2, 0) is 7.05 Å². The lowest BCUT2D eigenvalue weighted by molar-refractivity contribution is 0.665. The quantitative estimate of drug-likeness (QED) is 0.568. The molecule has 0 radical (unpaired) electrons. The number of allylic oxidation sites excluding steroid dienone is 3. The molecule has 4 nitrogen and oxygen atoms in total. The molecule has 0 bridgehead atoms. The highest BCUT2D eigenvalue weighted by molar-refractivity contribution is 7.99. The van der Waals surface area contributed by atoms with E-state index in [2.05, 4.69) is 47.6 Å². The molecule has 1 aromatic rings. The topological polar surface area (TPSA) is 43.6 Å². The maximum absolute atomic E-state index is 3.89. The van der Waals surface area contributed by atoms with E-state index in [0.717, 1.165) is 17.3 Å². The van der Waals surface area contributed by atoms with Crippen molar-refractivity contribution in [3.05, 3.63) is 23.8 Å². The van der Waals surface area contributed by atoms with Gasteiger partial charge in [0, 0.05) is 12.8 Å². The monoisotopic (exact) mass is 224 g/mol. The molecule has 0 amide bonds. The van der Waals surface area contributed by atoms with Crippen molar-refractivity contribution in [3.63, 3.8) is 0 Å². The highest BCUT2D eigenvalue weighted by Gasteiger charge is 1.99. The Balaban J connectivity index is 2.36. The maximum Gasteiger partial charge on any atom is 0.209 e. The largest absolute Gasteiger partial charge is 0.224 e. The van der Waals surface area contributed by atoms with Crippen LogP contribution in [0.1, 0.15) is 20.3 Å². The van der Waals surface area contributed by atoms with Crippen LogP contribution >= 0.6 is 11.8 Å². The van der Waals surface area contributed by atoms with Crippen molar-refractivity contribution in [2.24, 2.45) is 7.05 Å². The lowest BCUT2D eigenvalue weighted by Crippen LogP contribution is -1.92. The fourth-order valence-corrected chi connectivity index (χ4v) is 1.74. The van der Waals surface area contributed by atoms with E-state index in [-0.39, 0.29) is 0 Å².